The number of aromatic nitrogens is 2. The smallest absolute Gasteiger partial charge is 0.0946 e. The lowest BCUT2D eigenvalue weighted by molar-refractivity contribution is 0.683. The zero-order valence-corrected chi connectivity index (χ0v) is 16.1. The fourth-order valence-electron chi connectivity index (χ4n) is 2.26. The van der Waals surface area contributed by atoms with E-state index in [4.69, 9.17) is 46.4 Å². The first-order valence-corrected chi connectivity index (χ1v) is 9.44. The molecule has 1 atom stereocenters. The van der Waals surface area contributed by atoms with Gasteiger partial charge in [-0.3, -0.25) is 0 Å². The Labute approximate surface area is 164 Å². The van der Waals surface area contributed by atoms with Crippen LogP contribution in [0.2, 0.25) is 20.1 Å². The van der Waals surface area contributed by atoms with E-state index in [0.29, 0.717) is 26.6 Å². The fourth-order valence-corrected chi connectivity index (χ4v) is 4.47. The van der Waals surface area contributed by atoms with Gasteiger partial charge in [-0.2, -0.15) is 0 Å². The van der Waals surface area contributed by atoms with Gasteiger partial charge in [0.05, 0.1) is 21.6 Å². The van der Waals surface area contributed by atoms with Crippen molar-refractivity contribution in [1.29, 1.82) is 0 Å². The second-order valence-corrected chi connectivity index (χ2v) is 8.04. The minimum absolute atomic E-state index is 0.0706. The molecule has 0 aliphatic carbocycles. The van der Waals surface area contributed by atoms with Crippen LogP contribution >= 0.6 is 58.2 Å². The van der Waals surface area contributed by atoms with Crippen molar-refractivity contribution < 1.29 is 0 Å². The third-order valence-electron chi connectivity index (χ3n) is 3.41. The van der Waals surface area contributed by atoms with Gasteiger partial charge in [-0.1, -0.05) is 52.5 Å². The summed E-state index contributed by atoms with van der Waals surface area (Å²) in [5.74, 6) is 0. The predicted molar refractivity (Wildman–Crippen MR) is 104 cm³/mol. The van der Waals surface area contributed by atoms with E-state index in [-0.39, 0.29) is 5.25 Å². The van der Waals surface area contributed by atoms with Crippen molar-refractivity contribution in [3.8, 4) is 0 Å². The van der Waals surface area contributed by atoms with Crippen LogP contribution in [0.1, 0.15) is 10.8 Å². The third-order valence-corrected chi connectivity index (χ3v) is 5.93. The van der Waals surface area contributed by atoms with Crippen molar-refractivity contribution in [3.05, 3.63) is 80.8 Å². The lowest BCUT2D eigenvalue weighted by Gasteiger charge is -2.19. The largest absolute Gasteiger partial charge is 0.336 e. The van der Waals surface area contributed by atoms with E-state index < -0.39 is 0 Å². The number of rotatable bonds is 5. The molecule has 0 saturated carbocycles. The molecular weight excluding hydrogens is 406 g/mol. The molecule has 0 saturated heterocycles. The van der Waals surface area contributed by atoms with Crippen molar-refractivity contribution in [1.82, 2.24) is 9.55 Å². The van der Waals surface area contributed by atoms with Gasteiger partial charge in [0, 0.05) is 33.9 Å². The normalized spacial score (nSPS) is 12.3. The van der Waals surface area contributed by atoms with E-state index in [2.05, 4.69) is 4.98 Å². The summed E-state index contributed by atoms with van der Waals surface area (Å²) in [7, 11) is 0. The van der Waals surface area contributed by atoms with E-state index in [1.807, 2.05) is 35.0 Å². The van der Waals surface area contributed by atoms with Crippen LogP contribution in [0.25, 0.3) is 0 Å². The van der Waals surface area contributed by atoms with Crippen molar-refractivity contribution in [2.75, 3.05) is 0 Å². The van der Waals surface area contributed by atoms with Crippen LogP contribution in [0.5, 0.6) is 0 Å². The van der Waals surface area contributed by atoms with E-state index >= 15 is 0 Å². The molecule has 0 aliphatic heterocycles. The van der Waals surface area contributed by atoms with Crippen LogP contribution in [0, 0.1) is 0 Å². The third kappa shape index (κ3) is 4.41. The minimum Gasteiger partial charge on any atom is -0.336 e. The summed E-state index contributed by atoms with van der Waals surface area (Å²) in [5, 5.41) is 2.40. The maximum atomic E-state index is 6.42. The fraction of sp³-hybridized carbons (Fsp3) is 0.118. The molecule has 0 bridgehead atoms. The first-order valence-electron chi connectivity index (χ1n) is 7.05. The molecule has 0 aliphatic rings. The lowest BCUT2D eigenvalue weighted by Crippen LogP contribution is -2.05. The molecule has 0 amide bonds. The van der Waals surface area contributed by atoms with E-state index in [1.165, 1.54) is 0 Å². The highest BCUT2D eigenvalue weighted by Crippen LogP contribution is 2.41. The number of benzene rings is 2. The molecule has 0 spiro atoms. The number of hydrogen-bond acceptors (Lipinski definition) is 2. The Kier molecular flexibility index (Phi) is 6.01. The van der Waals surface area contributed by atoms with Crippen molar-refractivity contribution >= 4 is 58.2 Å². The second-order valence-electron chi connectivity index (χ2n) is 5.11. The summed E-state index contributed by atoms with van der Waals surface area (Å²) >= 11 is 26.2. The Morgan fingerprint density at radius 2 is 1.79 bits per heavy atom. The highest BCUT2D eigenvalue weighted by Gasteiger charge is 2.18. The summed E-state index contributed by atoms with van der Waals surface area (Å²) in [6, 6.07) is 11.2. The quantitative estimate of drug-likeness (QED) is 0.414. The molecule has 0 radical (unpaired) electrons. The Morgan fingerprint density at radius 3 is 2.46 bits per heavy atom. The standard InChI is InChI=1S/C17H12Cl4N2S/c18-11-1-3-13(15(20)7-11)17(9-23-6-5-22-10-23)24-12-2-4-14(19)16(21)8-12/h1-8,10,17H,9H2. The van der Waals surface area contributed by atoms with Crippen LogP contribution in [-0.4, -0.2) is 9.55 Å². The molecule has 3 rings (SSSR count). The number of imidazole rings is 1. The zero-order chi connectivity index (χ0) is 17.1. The Balaban J connectivity index is 1.93. The monoisotopic (exact) mass is 416 g/mol. The van der Waals surface area contributed by atoms with Gasteiger partial charge in [-0.25, -0.2) is 4.98 Å². The maximum Gasteiger partial charge on any atom is 0.0946 e. The maximum absolute atomic E-state index is 6.42. The molecule has 0 N–H and O–H groups in total. The molecule has 2 nitrogen and oxygen atoms in total. The van der Waals surface area contributed by atoms with Gasteiger partial charge in [-0.05, 0) is 35.9 Å². The molecule has 1 heterocycles. The summed E-state index contributed by atoms with van der Waals surface area (Å²) in [4.78, 5) is 5.11. The predicted octanol–water partition coefficient (Wildman–Crippen LogP) is 7.03. The molecule has 1 unspecified atom stereocenters. The SMILES string of the molecule is Clc1ccc(C(Cn2ccnc2)Sc2ccc(Cl)c(Cl)c2)c(Cl)c1. The molecule has 1 aromatic heterocycles. The zero-order valence-electron chi connectivity index (χ0n) is 12.3. The van der Waals surface area contributed by atoms with E-state index in [0.717, 1.165) is 10.5 Å². The highest BCUT2D eigenvalue weighted by atomic mass is 35.5. The molecule has 124 valence electrons. The number of nitrogens with zero attached hydrogens (tertiary/aromatic N) is 2. The lowest BCUT2D eigenvalue weighted by atomic mass is 10.1. The van der Waals surface area contributed by atoms with Crippen molar-refractivity contribution in [3.63, 3.8) is 0 Å². The molecule has 24 heavy (non-hydrogen) atoms. The first-order chi connectivity index (χ1) is 11.5. The van der Waals surface area contributed by atoms with Crippen LogP contribution in [-0.2, 0) is 6.54 Å². The topological polar surface area (TPSA) is 17.8 Å². The highest BCUT2D eigenvalue weighted by molar-refractivity contribution is 7.99. The Morgan fingerprint density at radius 1 is 0.958 bits per heavy atom. The van der Waals surface area contributed by atoms with Crippen LogP contribution in [0.4, 0.5) is 0 Å². The van der Waals surface area contributed by atoms with Gasteiger partial charge in [0.15, 0.2) is 0 Å². The number of hydrogen-bond donors (Lipinski definition) is 0. The van der Waals surface area contributed by atoms with Gasteiger partial charge < -0.3 is 4.57 Å². The molecule has 3 aromatic rings. The summed E-state index contributed by atoms with van der Waals surface area (Å²) < 4.78 is 2.01. The van der Waals surface area contributed by atoms with Crippen LogP contribution < -0.4 is 0 Å². The average molecular weight is 418 g/mol. The second kappa shape index (κ2) is 8.03. The van der Waals surface area contributed by atoms with Gasteiger partial charge in [0.2, 0.25) is 0 Å². The van der Waals surface area contributed by atoms with E-state index in [1.54, 1.807) is 36.4 Å². The summed E-state index contributed by atoms with van der Waals surface area (Å²) in [6.07, 6.45) is 5.46. The summed E-state index contributed by atoms with van der Waals surface area (Å²) in [5.41, 5.74) is 1.01. The van der Waals surface area contributed by atoms with Gasteiger partial charge in [-0.15, -0.1) is 11.8 Å². The average Bonchev–Trinajstić information content (AvgIpc) is 3.03. The first kappa shape index (κ1) is 18.0. The number of thioether (sulfide) groups is 1. The minimum atomic E-state index is 0.0706. The summed E-state index contributed by atoms with van der Waals surface area (Å²) in [6.45, 7) is 0.715. The van der Waals surface area contributed by atoms with Crippen LogP contribution in [0.3, 0.4) is 0 Å². The van der Waals surface area contributed by atoms with Crippen LogP contribution in [0.15, 0.2) is 60.0 Å². The Hall–Kier alpha value is -0.840. The molecule has 0 fully saturated rings. The number of halogens is 4. The van der Waals surface area contributed by atoms with Gasteiger partial charge >= 0.3 is 0 Å². The van der Waals surface area contributed by atoms with Gasteiger partial charge in [0.25, 0.3) is 0 Å². The molecule has 7 heteroatoms. The van der Waals surface area contributed by atoms with Crippen molar-refractivity contribution in [2.24, 2.45) is 0 Å². The van der Waals surface area contributed by atoms with Gasteiger partial charge in [0.1, 0.15) is 0 Å². The van der Waals surface area contributed by atoms with Crippen molar-refractivity contribution in [2.45, 2.75) is 16.7 Å². The Bertz CT molecular complexity index is 837. The molecular formula is C17H12Cl4N2S. The molecule has 2 aromatic carbocycles. The van der Waals surface area contributed by atoms with E-state index in [9.17, 15) is 0 Å².